The Bertz CT molecular complexity index is 1180. The Kier molecular flexibility index (Phi) is 5.29. The molecule has 0 atom stereocenters. The van der Waals surface area contributed by atoms with Crippen LogP contribution in [0.4, 0.5) is 5.82 Å². The number of nitrogens with one attached hydrogen (secondary N) is 1. The van der Waals surface area contributed by atoms with Crippen LogP contribution in [0.25, 0.3) is 16.6 Å². The molecule has 2 aromatic carbocycles. The van der Waals surface area contributed by atoms with E-state index in [2.05, 4.69) is 36.1 Å². The summed E-state index contributed by atoms with van der Waals surface area (Å²) >= 11 is 11.1. The van der Waals surface area contributed by atoms with E-state index < -0.39 is 0 Å². The number of anilines is 1. The highest BCUT2D eigenvalue weighted by Crippen LogP contribution is 2.40. The maximum atomic E-state index is 9.92. The van der Waals surface area contributed by atoms with Gasteiger partial charge < -0.3 is 5.32 Å². The number of hydrogen-bond acceptors (Lipinski definition) is 3. The van der Waals surface area contributed by atoms with Crippen molar-refractivity contribution in [2.24, 2.45) is 0 Å². The minimum atomic E-state index is 0.555. The lowest BCUT2D eigenvalue weighted by atomic mass is 10.0. The van der Waals surface area contributed by atoms with Crippen LogP contribution in [0.3, 0.4) is 0 Å². The molecule has 0 aliphatic rings. The van der Waals surface area contributed by atoms with Crippen molar-refractivity contribution in [1.29, 1.82) is 5.26 Å². The highest BCUT2D eigenvalue weighted by atomic mass is 35.5. The Morgan fingerprint density at radius 3 is 2.46 bits per heavy atom. The summed E-state index contributed by atoms with van der Waals surface area (Å²) in [6.45, 7) is 0.716. The fraction of sp³-hybridized carbons (Fsp3) is 0.0870. The number of rotatable bonds is 5. The summed E-state index contributed by atoms with van der Waals surface area (Å²) in [6, 6.07) is 26.1. The van der Waals surface area contributed by atoms with Gasteiger partial charge in [0.05, 0.1) is 11.1 Å². The van der Waals surface area contributed by atoms with Crippen LogP contribution in [0, 0.1) is 11.3 Å². The maximum absolute atomic E-state index is 9.92. The monoisotopic (exact) mass is 403 g/mol. The van der Waals surface area contributed by atoms with Gasteiger partial charge >= 0.3 is 0 Å². The lowest BCUT2D eigenvalue weighted by Crippen LogP contribution is -2.08. The summed E-state index contributed by atoms with van der Waals surface area (Å²) in [7, 11) is 0. The predicted molar refractivity (Wildman–Crippen MR) is 118 cm³/mol. The quantitative estimate of drug-likeness (QED) is 0.313. The molecule has 0 bridgehead atoms. The van der Waals surface area contributed by atoms with Gasteiger partial charge in [-0.3, -0.25) is 4.40 Å². The number of nitriles is 1. The average Bonchev–Trinajstić information content (AvgIpc) is 3.04. The molecule has 0 amide bonds. The van der Waals surface area contributed by atoms with Crippen molar-refractivity contribution in [1.82, 2.24) is 4.40 Å². The first-order valence-electron chi connectivity index (χ1n) is 9.00. The van der Waals surface area contributed by atoms with E-state index in [0.717, 1.165) is 33.8 Å². The van der Waals surface area contributed by atoms with Gasteiger partial charge in [0.1, 0.15) is 17.0 Å². The van der Waals surface area contributed by atoms with Crippen LogP contribution in [0.5, 0.6) is 0 Å². The average molecular weight is 404 g/mol. The van der Waals surface area contributed by atoms with E-state index in [0.29, 0.717) is 17.3 Å². The van der Waals surface area contributed by atoms with Crippen molar-refractivity contribution in [3.05, 3.63) is 89.1 Å². The maximum Gasteiger partial charge on any atom is 0.121 e. The molecule has 1 N–H and O–H groups in total. The Hall–Kier alpha value is -2.87. The zero-order valence-electron chi connectivity index (χ0n) is 15.1. The second-order valence-corrected chi connectivity index (χ2v) is 7.33. The standard InChI is InChI=1S/C23H18ClN3S/c24-21-12-6-10-19-18(15-25)22(17-9-4-5-11-20(17)28)23(27(19)21)26-14-13-16-7-2-1-3-8-16/h1-12,26,28H,13-14H2. The molecule has 4 aromatic rings. The van der Waals surface area contributed by atoms with Gasteiger partial charge in [0.15, 0.2) is 0 Å². The van der Waals surface area contributed by atoms with Gasteiger partial charge in [0, 0.05) is 22.6 Å². The first-order valence-corrected chi connectivity index (χ1v) is 9.82. The number of pyridine rings is 1. The molecule has 0 aliphatic heterocycles. The highest BCUT2D eigenvalue weighted by molar-refractivity contribution is 7.80. The number of nitrogens with zero attached hydrogens (tertiary/aromatic N) is 2. The molecular weight excluding hydrogens is 386 g/mol. The lowest BCUT2D eigenvalue weighted by molar-refractivity contribution is 0.999. The Morgan fingerprint density at radius 1 is 0.964 bits per heavy atom. The van der Waals surface area contributed by atoms with Gasteiger partial charge in [-0.1, -0.05) is 66.2 Å². The minimum Gasteiger partial charge on any atom is -0.370 e. The molecule has 0 saturated carbocycles. The van der Waals surface area contributed by atoms with Crippen LogP contribution < -0.4 is 5.32 Å². The molecule has 2 heterocycles. The Morgan fingerprint density at radius 2 is 1.71 bits per heavy atom. The van der Waals surface area contributed by atoms with E-state index in [1.807, 2.05) is 65.1 Å². The SMILES string of the molecule is N#Cc1c(-c2ccccc2S)c(NCCc2ccccc2)n2c(Cl)cccc12. The molecule has 138 valence electrons. The predicted octanol–water partition coefficient (Wildman–Crippen LogP) is 6.07. The normalized spacial score (nSPS) is 10.8. The molecule has 3 nitrogen and oxygen atoms in total. The molecule has 0 radical (unpaired) electrons. The van der Waals surface area contributed by atoms with Crippen molar-refractivity contribution in [2.45, 2.75) is 11.3 Å². The van der Waals surface area contributed by atoms with Crippen molar-refractivity contribution < 1.29 is 0 Å². The van der Waals surface area contributed by atoms with Crippen LogP contribution in [-0.2, 0) is 6.42 Å². The van der Waals surface area contributed by atoms with E-state index >= 15 is 0 Å². The molecule has 0 saturated heterocycles. The van der Waals surface area contributed by atoms with E-state index in [1.165, 1.54) is 5.56 Å². The summed E-state index contributed by atoms with van der Waals surface area (Å²) in [4.78, 5) is 0.817. The fourth-order valence-electron chi connectivity index (χ4n) is 3.46. The molecule has 4 rings (SSSR count). The molecule has 28 heavy (non-hydrogen) atoms. The zero-order chi connectivity index (χ0) is 19.5. The van der Waals surface area contributed by atoms with Gasteiger partial charge in [-0.2, -0.15) is 5.26 Å². The molecular formula is C23H18ClN3S. The van der Waals surface area contributed by atoms with E-state index in [9.17, 15) is 5.26 Å². The van der Waals surface area contributed by atoms with Crippen LogP contribution in [0.15, 0.2) is 77.7 Å². The van der Waals surface area contributed by atoms with Crippen molar-refractivity contribution in [3.8, 4) is 17.2 Å². The summed E-state index contributed by atoms with van der Waals surface area (Å²) in [5, 5.41) is 14.0. The Balaban J connectivity index is 1.84. The molecule has 5 heteroatoms. The summed E-state index contributed by atoms with van der Waals surface area (Å²) in [6.07, 6.45) is 0.863. The molecule has 0 spiro atoms. The summed E-state index contributed by atoms with van der Waals surface area (Å²) in [5.41, 5.74) is 4.35. The third-order valence-corrected chi connectivity index (χ3v) is 5.43. The van der Waals surface area contributed by atoms with Gasteiger partial charge in [-0.25, -0.2) is 0 Å². The van der Waals surface area contributed by atoms with Gasteiger partial charge in [-0.05, 0) is 30.2 Å². The van der Waals surface area contributed by atoms with Crippen molar-refractivity contribution in [2.75, 3.05) is 11.9 Å². The molecule has 0 unspecified atom stereocenters. The second-order valence-electron chi connectivity index (χ2n) is 6.46. The lowest BCUT2D eigenvalue weighted by Gasteiger charge is -2.12. The van der Waals surface area contributed by atoms with Crippen LogP contribution in [-0.4, -0.2) is 10.9 Å². The van der Waals surface area contributed by atoms with Crippen LogP contribution in [0.2, 0.25) is 5.15 Å². The molecule has 0 fully saturated rings. The first-order chi connectivity index (χ1) is 13.7. The van der Waals surface area contributed by atoms with Gasteiger partial charge in [0.25, 0.3) is 0 Å². The third kappa shape index (κ3) is 3.35. The van der Waals surface area contributed by atoms with E-state index in [-0.39, 0.29) is 0 Å². The smallest absolute Gasteiger partial charge is 0.121 e. The number of aromatic nitrogens is 1. The topological polar surface area (TPSA) is 40.2 Å². The van der Waals surface area contributed by atoms with Gasteiger partial charge in [0.2, 0.25) is 0 Å². The number of thiol groups is 1. The van der Waals surface area contributed by atoms with Crippen LogP contribution in [0.1, 0.15) is 11.1 Å². The van der Waals surface area contributed by atoms with Crippen molar-refractivity contribution in [3.63, 3.8) is 0 Å². The second kappa shape index (κ2) is 8.02. The highest BCUT2D eigenvalue weighted by Gasteiger charge is 2.22. The largest absolute Gasteiger partial charge is 0.370 e. The molecule has 2 aromatic heterocycles. The fourth-order valence-corrected chi connectivity index (χ4v) is 3.98. The first kappa shape index (κ1) is 18.5. The van der Waals surface area contributed by atoms with E-state index in [4.69, 9.17) is 11.6 Å². The van der Waals surface area contributed by atoms with Crippen molar-refractivity contribution >= 4 is 35.6 Å². The number of hydrogen-bond donors (Lipinski definition) is 2. The van der Waals surface area contributed by atoms with E-state index in [1.54, 1.807) is 0 Å². The third-order valence-electron chi connectivity index (χ3n) is 4.74. The Labute approximate surface area is 174 Å². The minimum absolute atomic E-state index is 0.555. The number of halogens is 1. The zero-order valence-corrected chi connectivity index (χ0v) is 16.7. The number of fused-ring (bicyclic) bond motifs is 1. The summed E-state index contributed by atoms with van der Waals surface area (Å²) in [5.74, 6) is 0.814. The molecule has 0 aliphatic carbocycles. The number of benzene rings is 2. The summed E-state index contributed by atoms with van der Waals surface area (Å²) < 4.78 is 1.90. The van der Waals surface area contributed by atoms with Gasteiger partial charge in [-0.15, -0.1) is 12.6 Å². The van der Waals surface area contributed by atoms with Crippen LogP contribution >= 0.6 is 24.2 Å².